The lowest BCUT2D eigenvalue weighted by molar-refractivity contribution is 0.0685. The minimum Gasteiger partial charge on any atom is -0.337 e. The molecule has 1 aromatic rings. The van der Waals surface area contributed by atoms with Crippen LogP contribution in [0.5, 0.6) is 0 Å². The maximum absolute atomic E-state index is 11.9. The van der Waals surface area contributed by atoms with Gasteiger partial charge in [-0.3, -0.25) is 4.79 Å². The van der Waals surface area contributed by atoms with Gasteiger partial charge in [-0.25, -0.2) is 0 Å². The average molecular weight is 240 g/mol. The van der Waals surface area contributed by atoms with Crippen molar-refractivity contribution in [2.45, 2.75) is 12.8 Å². The summed E-state index contributed by atoms with van der Waals surface area (Å²) >= 11 is 1.22. The van der Waals surface area contributed by atoms with Gasteiger partial charge in [0, 0.05) is 18.5 Å². The molecule has 0 radical (unpaired) electrons. The molecule has 16 heavy (non-hydrogen) atoms. The second kappa shape index (κ2) is 5.36. The van der Waals surface area contributed by atoms with Gasteiger partial charge in [-0.15, -0.1) is 5.10 Å². The van der Waals surface area contributed by atoms with Crippen molar-refractivity contribution in [3.05, 3.63) is 11.1 Å². The first kappa shape index (κ1) is 11.5. The van der Waals surface area contributed by atoms with Crippen molar-refractivity contribution in [3.8, 4) is 0 Å². The fraction of sp³-hybridized carbons (Fsp3) is 0.700. The Morgan fingerprint density at radius 1 is 1.62 bits per heavy atom. The van der Waals surface area contributed by atoms with Gasteiger partial charge in [0.25, 0.3) is 5.91 Å². The summed E-state index contributed by atoms with van der Waals surface area (Å²) in [4.78, 5) is 13.8. The standard InChI is InChI=1S/C10H16N4OS/c1-11-6-8-2-4-14(5-3-8)10(15)9-7-16-13-12-9/h7-8,11H,2-6H2,1H3. The van der Waals surface area contributed by atoms with E-state index in [0.29, 0.717) is 11.6 Å². The van der Waals surface area contributed by atoms with Gasteiger partial charge in [-0.1, -0.05) is 4.49 Å². The molecule has 5 nitrogen and oxygen atoms in total. The summed E-state index contributed by atoms with van der Waals surface area (Å²) in [5.41, 5.74) is 0.483. The summed E-state index contributed by atoms with van der Waals surface area (Å²) in [6.45, 7) is 2.71. The van der Waals surface area contributed by atoms with E-state index in [4.69, 9.17) is 0 Å². The van der Waals surface area contributed by atoms with Crippen molar-refractivity contribution in [1.82, 2.24) is 19.8 Å². The molecule has 1 aromatic heterocycles. The van der Waals surface area contributed by atoms with Crippen LogP contribution in [0.15, 0.2) is 5.38 Å². The third-order valence-corrected chi connectivity index (χ3v) is 3.48. The van der Waals surface area contributed by atoms with Crippen LogP contribution in [0.3, 0.4) is 0 Å². The third kappa shape index (κ3) is 2.56. The van der Waals surface area contributed by atoms with Crippen molar-refractivity contribution in [3.63, 3.8) is 0 Å². The molecule has 0 unspecified atom stereocenters. The summed E-state index contributed by atoms with van der Waals surface area (Å²) in [6.07, 6.45) is 2.15. The van der Waals surface area contributed by atoms with E-state index in [-0.39, 0.29) is 5.91 Å². The Morgan fingerprint density at radius 3 is 2.94 bits per heavy atom. The molecule has 88 valence electrons. The predicted octanol–water partition coefficient (Wildman–Crippen LogP) is 0.610. The van der Waals surface area contributed by atoms with Crippen molar-refractivity contribution < 1.29 is 4.79 Å². The predicted molar refractivity (Wildman–Crippen MR) is 62.5 cm³/mol. The van der Waals surface area contributed by atoms with Crippen molar-refractivity contribution >= 4 is 17.4 Å². The minimum absolute atomic E-state index is 0.0247. The van der Waals surface area contributed by atoms with Crippen LogP contribution in [0.25, 0.3) is 0 Å². The molecule has 1 amide bonds. The van der Waals surface area contributed by atoms with E-state index in [2.05, 4.69) is 14.9 Å². The number of rotatable bonds is 3. The minimum atomic E-state index is 0.0247. The van der Waals surface area contributed by atoms with E-state index in [1.165, 1.54) is 11.5 Å². The van der Waals surface area contributed by atoms with E-state index >= 15 is 0 Å². The third-order valence-electron chi connectivity index (χ3n) is 2.97. The SMILES string of the molecule is CNCC1CCN(C(=O)c2csnn2)CC1. The molecule has 6 heteroatoms. The molecule has 1 aliphatic rings. The number of nitrogens with one attached hydrogen (secondary N) is 1. The lowest BCUT2D eigenvalue weighted by Gasteiger charge is -2.31. The van der Waals surface area contributed by atoms with Gasteiger partial charge < -0.3 is 10.2 Å². The summed E-state index contributed by atoms with van der Waals surface area (Å²) < 4.78 is 3.72. The highest BCUT2D eigenvalue weighted by Crippen LogP contribution is 2.17. The molecule has 1 fully saturated rings. The molecule has 0 atom stereocenters. The fourth-order valence-corrected chi connectivity index (χ4v) is 2.48. The van der Waals surface area contributed by atoms with Gasteiger partial charge >= 0.3 is 0 Å². The molecule has 1 saturated heterocycles. The Morgan fingerprint density at radius 2 is 2.38 bits per heavy atom. The molecule has 0 spiro atoms. The lowest BCUT2D eigenvalue weighted by atomic mass is 9.97. The van der Waals surface area contributed by atoms with Gasteiger partial charge in [0.15, 0.2) is 5.69 Å². The summed E-state index contributed by atoms with van der Waals surface area (Å²) in [5, 5.41) is 8.71. The molecule has 1 N–H and O–H groups in total. The number of hydrogen-bond donors (Lipinski definition) is 1. The topological polar surface area (TPSA) is 58.1 Å². The first-order valence-electron chi connectivity index (χ1n) is 5.52. The Labute approximate surface area is 99.0 Å². The number of nitrogens with zero attached hydrogens (tertiary/aromatic N) is 3. The highest BCUT2D eigenvalue weighted by Gasteiger charge is 2.24. The molecule has 0 saturated carbocycles. The number of carbonyl (C=O) groups excluding carboxylic acids is 1. The number of carbonyl (C=O) groups is 1. The van der Waals surface area contributed by atoms with Crippen molar-refractivity contribution in [2.24, 2.45) is 5.92 Å². The largest absolute Gasteiger partial charge is 0.337 e. The van der Waals surface area contributed by atoms with E-state index < -0.39 is 0 Å². The number of piperidine rings is 1. The Bertz CT molecular complexity index is 333. The van der Waals surface area contributed by atoms with Crippen molar-refractivity contribution in [1.29, 1.82) is 0 Å². The normalized spacial score (nSPS) is 17.7. The first-order valence-corrected chi connectivity index (χ1v) is 6.36. The Balaban J connectivity index is 1.87. The quantitative estimate of drug-likeness (QED) is 0.841. The van der Waals surface area contributed by atoms with Gasteiger partial charge in [0.1, 0.15) is 0 Å². The van der Waals surface area contributed by atoms with Crippen molar-refractivity contribution in [2.75, 3.05) is 26.7 Å². The van der Waals surface area contributed by atoms with Crippen LogP contribution in [-0.2, 0) is 0 Å². The Hall–Kier alpha value is -1.01. The van der Waals surface area contributed by atoms with Crippen LogP contribution < -0.4 is 5.32 Å². The molecule has 2 rings (SSSR count). The van der Waals surface area contributed by atoms with Gasteiger partial charge in [-0.2, -0.15) is 0 Å². The highest BCUT2D eigenvalue weighted by molar-refractivity contribution is 7.03. The zero-order valence-corrected chi connectivity index (χ0v) is 10.2. The molecule has 0 aliphatic carbocycles. The summed E-state index contributed by atoms with van der Waals surface area (Å²) in [7, 11) is 1.97. The zero-order valence-electron chi connectivity index (χ0n) is 9.35. The maximum Gasteiger partial charge on any atom is 0.275 e. The van der Waals surface area contributed by atoms with Gasteiger partial charge in [0.05, 0.1) is 0 Å². The number of amides is 1. The van der Waals surface area contributed by atoms with Crippen LogP contribution in [0.4, 0.5) is 0 Å². The second-order valence-corrected chi connectivity index (χ2v) is 4.69. The molecule has 0 aromatic carbocycles. The van der Waals surface area contributed by atoms with Crippen LogP contribution in [0, 0.1) is 5.92 Å². The lowest BCUT2D eigenvalue weighted by Crippen LogP contribution is -2.40. The van der Waals surface area contributed by atoms with Crippen LogP contribution in [-0.4, -0.2) is 47.1 Å². The monoisotopic (exact) mass is 240 g/mol. The summed E-state index contributed by atoms with van der Waals surface area (Å²) in [5.74, 6) is 0.722. The second-order valence-electron chi connectivity index (χ2n) is 4.08. The van der Waals surface area contributed by atoms with Crippen LogP contribution in [0.1, 0.15) is 23.3 Å². The number of likely N-dealkylation sites (tertiary alicyclic amines) is 1. The van der Waals surface area contributed by atoms with Crippen LogP contribution in [0.2, 0.25) is 0 Å². The Kier molecular flexibility index (Phi) is 3.84. The van der Waals surface area contributed by atoms with Gasteiger partial charge in [0.2, 0.25) is 0 Å². The van der Waals surface area contributed by atoms with Crippen LogP contribution >= 0.6 is 11.5 Å². The van der Waals surface area contributed by atoms with E-state index in [9.17, 15) is 4.79 Å². The smallest absolute Gasteiger partial charge is 0.275 e. The molecule has 0 bridgehead atoms. The molecule has 1 aliphatic heterocycles. The van der Waals surface area contributed by atoms with E-state index in [1.54, 1.807) is 5.38 Å². The molecular weight excluding hydrogens is 224 g/mol. The first-order chi connectivity index (χ1) is 7.81. The highest BCUT2D eigenvalue weighted by atomic mass is 32.1. The van der Waals surface area contributed by atoms with Gasteiger partial charge in [-0.05, 0) is 43.9 Å². The summed E-state index contributed by atoms with van der Waals surface area (Å²) in [6, 6.07) is 0. The fourth-order valence-electron chi connectivity index (χ4n) is 2.05. The number of aromatic nitrogens is 2. The van der Waals surface area contributed by atoms with E-state index in [0.717, 1.165) is 32.5 Å². The maximum atomic E-state index is 11.9. The average Bonchev–Trinajstić information content (AvgIpc) is 2.83. The zero-order chi connectivity index (χ0) is 11.4. The molecular formula is C10H16N4OS. The number of hydrogen-bond acceptors (Lipinski definition) is 5. The molecule has 2 heterocycles. The van der Waals surface area contributed by atoms with E-state index in [1.807, 2.05) is 11.9 Å².